The molecule has 0 radical (unpaired) electrons. The zero-order valence-electron chi connectivity index (χ0n) is 10.4. The van der Waals surface area contributed by atoms with E-state index >= 15 is 0 Å². The van der Waals surface area contributed by atoms with Crippen LogP contribution in [-0.2, 0) is 6.54 Å². The summed E-state index contributed by atoms with van der Waals surface area (Å²) in [7, 11) is 1.58. The van der Waals surface area contributed by atoms with Gasteiger partial charge in [0.15, 0.2) is 5.82 Å². The topological polar surface area (TPSA) is 61.9 Å². The van der Waals surface area contributed by atoms with Crippen LogP contribution in [0.5, 0.6) is 0 Å². The number of halogens is 2. The lowest BCUT2D eigenvalue weighted by atomic mass is 10.2. The van der Waals surface area contributed by atoms with Crippen LogP contribution in [0.2, 0.25) is 5.02 Å². The third-order valence-electron chi connectivity index (χ3n) is 2.55. The molecule has 0 saturated heterocycles. The lowest BCUT2D eigenvalue weighted by molar-refractivity contribution is 0.0781. The first-order chi connectivity index (χ1) is 8.99. The predicted octanol–water partition coefficient (Wildman–Crippen LogP) is 2.18. The minimum Gasteiger partial charge on any atom is -0.334 e. The molecule has 0 aliphatic carbocycles. The van der Waals surface area contributed by atoms with Gasteiger partial charge in [-0.15, -0.1) is 0 Å². The highest BCUT2D eigenvalue weighted by atomic mass is 35.5. The maximum absolute atomic E-state index is 13.3. The number of carbonyl (C=O) groups excluding carboxylic acids is 1. The predicted molar refractivity (Wildman–Crippen MR) is 68.3 cm³/mol. The molecule has 19 heavy (non-hydrogen) atoms. The molecule has 0 aliphatic rings. The van der Waals surface area contributed by atoms with Crippen LogP contribution in [0.3, 0.4) is 0 Å². The van der Waals surface area contributed by atoms with E-state index in [1.54, 1.807) is 14.0 Å². The summed E-state index contributed by atoms with van der Waals surface area (Å²) >= 11 is 5.78. The first kappa shape index (κ1) is 13.5. The van der Waals surface area contributed by atoms with E-state index in [0.29, 0.717) is 11.6 Å². The van der Waals surface area contributed by atoms with Gasteiger partial charge in [0.2, 0.25) is 0 Å². The van der Waals surface area contributed by atoms with Gasteiger partial charge in [-0.3, -0.25) is 9.89 Å². The Labute approximate surface area is 114 Å². The van der Waals surface area contributed by atoms with Gasteiger partial charge in [0.25, 0.3) is 5.91 Å². The minimum atomic E-state index is -0.616. The highest BCUT2D eigenvalue weighted by Crippen LogP contribution is 2.21. The molecular weight excluding hydrogens is 271 g/mol. The highest BCUT2D eigenvalue weighted by molar-refractivity contribution is 6.33. The van der Waals surface area contributed by atoms with Gasteiger partial charge in [-0.1, -0.05) is 17.7 Å². The Morgan fingerprint density at radius 1 is 1.53 bits per heavy atom. The van der Waals surface area contributed by atoms with Crippen molar-refractivity contribution in [2.24, 2.45) is 0 Å². The number of carbonyl (C=O) groups is 1. The summed E-state index contributed by atoms with van der Waals surface area (Å²) in [6, 6.07) is 4.13. The molecule has 2 rings (SSSR count). The molecule has 5 nitrogen and oxygen atoms in total. The number of H-pyrrole nitrogens is 1. The fraction of sp³-hybridized carbons (Fsp3) is 0.250. The van der Waals surface area contributed by atoms with Crippen molar-refractivity contribution in [2.75, 3.05) is 7.05 Å². The van der Waals surface area contributed by atoms with E-state index in [1.165, 1.54) is 23.1 Å². The Balaban J connectivity index is 2.17. The molecule has 1 N–H and O–H groups in total. The smallest absolute Gasteiger partial charge is 0.255 e. The zero-order valence-corrected chi connectivity index (χ0v) is 11.2. The van der Waals surface area contributed by atoms with Crippen LogP contribution >= 0.6 is 11.6 Å². The van der Waals surface area contributed by atoms with Gasteiger partial charge in [0, 0.05) is 7.05 Å². The van der Waals surface area contributed by atoms with Crippen LogP contribution in [0.4, 0.5) is 4.39 Å². The van der Waals surface area contributed by atoms with Crippen molar-refractivity contribution in [3.8, 4) is 0 Å². The number of aromatic amines is 1. The quantitative estimate of drug-likeness (QED) is 0.938. The molecular formula is C12H12ClFN4O. The monoisotopic (exact) mass is 282 g/mol. The number of aromatic nitrogens is 3. The molecule has 0 spiro atoms. The second-order valence-electron chi connectivity index (χ2n) is 4.10. The number of hydrogen-bond acceptors (Lipinski definition) is 3. The van der Waals surface area contributed by atoms with E-state index < -0.39 is 5.82 Å². The summed E-state index contributed by atoms with van der Waals surface area (Å²) in [6.45, 7) is 1.98. The molecule has 0 aliphatic heterocycles. The SMILES string of the molecule is Cc1nc(CN(C)C(=O)c2cccc(F)c2Cl)n[nH]1. The molecule has 0 atom stereocenters. The van der Waals surface area contributed by atoms with Crippen LogP contribution in [-0.4, -0.2) is 33.0 Å². The van der Waals surface area contributed by atoms with Crippen molar-refractivity contribution in [3.63, 3.8) is 0 Å². The average Bonchev–Trinajstić information content (AvgIpc) is 2.77. The number of hydrogen-bond donors (Lipinski definition) is 1. The summed E-state index contributed by atoms with van der Waals surface area (Å²) in [6.07, 6.45) is 0. The van der Waals surface area contributed by atoms with Gasteiger partial charge >= 0.3 is 0 Å². The Morgan fingerprint density at radius 3 is 2.89 bits per heavy atom. The Hall–Kier alpha value is -1.95. The number of nitrogens with zero attached hydrogens (tertiary/aromatic N) is 3. The normalized spacial score (nSPS) is 10.5. The second kappa shape index (κ2) is 5.36. The van der Waals surface area contributed by atoms with Gasteiger partial charge in [0.05, 0.1) is 17.1 Å². The number of amides is 1. The van der Waals surface area contributed by atoms with Gasteiger partial charge < -0.3 is 4.90 Å². The van der Waals surface area contributed by atoms with Crippen molar-refractivity contribution in [3.05, 3.63) is 46.3 Å². The Kier molecular flexibility index (Phi) is 3.80. The molecule has 1 aromatic heterocycles. The third-order valence-corrected chi connectivity index (χ3v) is 2.93. The van der Waals surface area contributed by atoms with E-state index in [0.717, 1.165) is 0 Å². The molecule has 7 heteroatoms. The van der Waals surface area contributed by atoms with Crippen molar-refractivity contribution in [2.45, 2.75) is 13.5 Å². The van der Waals surface area contributed by atoms with Crippen LogP contribution < -0.4 is 0 Å². The average molecular weight is 283 g/mol. The first-order valence-electron chi connectivity index (χ1n) is 5.56. The number of nitrogens with one attached hydrogen (secondary N) is 1. The molecule has 1 amide bonds. The lowest BCUT2D eigenvalue weighted by Gasteiger charge is -2.16. The maximum atomic E-state index is 13.3. The van der Waals surface area contributed by atoms with Crippen LogP contribution in [0.1, 0.15) is 22.0 Å². The van der Waals surface area contributed by atoms with Crippen molar-refractivity contribution < 1.29 is 9.18 Å². The molecule has 0 fully saturated rings. The number of rotatable bonds is 3. The second-order valence-corrected chi connectivity index (χ2v) is 4.48. The molecule has 0 bridgehead atoms. The van der Waals surface area contributed by atoms with E-state index in [1.807, 2.05) is 0 Å². The molecule has 0 unspecified atom stereocenters. The van der Waals surface area contributed by atoms with Crippen LogP contribution in [0.15, 0.2) is 18.2 Å². The summed E-state index contributed by atoms with van der Waals surface area (Å²) in [5, 5.41) is 6.45. The Bertz CT molecular complexity index is 614. The first-order valence-corrected chi connectivity index (χ1v) is 5.94. The van der Waals surface area contributed by atoms with Crippen molar-refractivity contribution in [1.29, 1.82) is 0 Å². The number of benzene rings is 1. The van der Waals surface area contributed by atoms with Gasteiger partial charge in [-0.2, -0.15) is 5.10 Å². The zero-order chi connectivity index (χ0) is 14.0. The fourth-order valence-electron chi connectivity index (χ4n) is 1.62. The maximum Gasteiger partial charge on any atom is 0.255 e. The number of aryl methyl sites for hydroxylation is 1. The summed E-state index contributed by atoms with van der Waals surface area (Å²) in [4.78, 5) is 17.6. The highest BCUT2D eigenvalue weighted by Gasteiger charge is 2.18. The summed E-state index contributed by atoms with van der Waals surface area (Å²) < 4.78 is 13.3. The molecule has 2 aromatic rings. The third kappa shape index (κ3) is 2.90. The fourth-order valence-corrected chi connectivity index (χ4v) is 1.83. The van der Waals surface area contributed by atoms with Crippen LogP contribution in [0, 0.1) is 12.7 Å². The largest absolute Gasteiger partial charge is 0.334 e. The van der Waals surface area contributed by atoms with E-state index in [9.17, 15) is 9.18 Å². The Morgan fingerprint density at radius 2 is 2.26 bits per heavy atom. The minimum absolute atomic E-state index is 0.122. The van der Waals surface area contributed by atoms with E-state index in [2.05, 4.69) is 15.2 Å². The van der Waals surface area contributed by atoms with Gasteiger partial charge in [0.1, 0.15) is 11.6 Å². The van der Waals surface area contributed by atoms with E-state index in [4.69, 9.17) is 11.6 Å². The summed E-state index contributed by atoms with van der Waals surface area (Å²) in [5.74, 6) is 0.155. The van der Waals surface area contributed by atoms with Crippen LogP contribution in [0.25, 0.3) is 0 Å². The van der Waals surface area contributed by atoms with Gasteiger partial charge in [-0.25, -0.2) is 9.37 Å². The molecule has 0 saturated carbocycles. The standard InChI is InChI=1S/C12H12ClFN4O/c1-7-15-10(17-16-7)6-18(2)12(19)8-4-3-5-9(14)11(8)13/h3-5H,6H2,1-2H3,(H,15,16,17). The van der Waals surface area contributed by atoms with Gasteiger partial charge in [-0.05, 0) is 19.1 Å². The molecule has 1 heterocycles. The van der Waals surface area contributed by atoms with Crippen molar-refractivity contribution >= 4 is 17.5 Å². The molecule has 1 aromatic carbocycles. The van der Waals surface area contributed by atoms with Crippen molar-refractivity contribution in [1.82, 2.24) is 20.1 Å². The molecule has 100 valence electrons. The lowest BCUT2D eigenvalue weighted by Crippen LogP contribution is -2.27. The summed E-state index contributed by atoms with van der Waals surface area (Å²) in [5.41, 5.74) is 0.122. The van der Waals surface area contributed by atoms with E-state index in [-0.39, 0.29) is 23.0 Å².